The summed E-state index contributed by atoms with van der Waals surface area (Å²) in [6, 6.07) is 3.90. The first-order valence-electron chi connectivity index (χ1n) is 7.91. The van der Waals surface area contributed by atoms with Crippen molar-refractivity contribution >= 4 is 12.2 Å². The second-order valence-electron chi connectivity index (χ2n) is 5.73. The van der Waals surface area contributed by atoms with E-state index in [9.17, 15) is 0 Å². The maximum atomic E-state index is 5.42. The fourth-order valence-corrected chi connectivity index (χ4v) is 2.82. The summed E-state index contributed by atoms with van der Waals surface area (Å²) in [5, 5.41) is 4.46. The molecule has 0 fully saturated rings. The topological polar surface area (TPSA) is 70.7 Å². The largest absolute Gasteiger partial charge is 0.479 e. The Kier molecular flexibility index (Phi) is 3.60. The lowest BCUT2D eigenvalue weighted by Crippen LogP contribution is -1.99. The second-order valence-corrected chi connectivity index (χ2v) is 5.73. The number of rotatable bonds is 4. The van der Waals surface area contributed by atoms with Crippen LogP contribution in [0.5, 0.6) is 5.88 Å². The highest BCUT2D eigenvalue weighted by Gasteiger charge is 2.14. The van der Waals surface area contributed by atoms with Crippen LogP contribution in [0.2, 0.25) is 0 Å². The summed E-state index contributed by atoms with van der Waals surface area (Å²) >= 11 is 0. The molecule has 1 aliphatic heterocycles. The zero-order valence-corrected chi connectivity index (χ0v) is 13.7. The Bertz CT molecular complexity index is 886. The molecule has 0 saturated carbocycles. The summed E-state index contributed by atoms with van der Waals surface area (Å²) in [7, 11) is 1.62. The minimum atomic E-state index is 0.551. The van der Waals surface area contributed by atoms with Gasteiger partial charge in [-0.3, -0.25) is 0 Å². The van der Waals surface area contributed by atoms with E-state index >= 15 is 0 Å². The molecule has 0 N–H and O–H groups in total. The van der Waals surface area contributed by atoms with Gasteiger partial charge in [-0.1, -0.05) is 0 Å². The lowest BCUT2D eigenvalue weighted by atomic mass is 10.3. The summed E-state index contributed by atoms with van der Waals surface area (Å²) in [5.74, 6) is 2.33. The van der Waals surface area contributed by atoms with Crippen molar-refractivity contribution in [3.63, 3.8) is 0 Å². The van der Waals surface area contributed by atoms with E-state index in [1.165, 1.54) is 0 Å². The van der Waals surface area contributed by atoms with Gasteiger partial charge in [0.2, 0.25) is 5.88 Å². The third-order valence-electron chi connectivity index (χ3n) is 3.98. The number of aryl methyl sites for hydroxylation is 3. The quantitative estimate of drug-likeness (QED) is 0.737. The molecule has 7 heteroatoms. The van der Waals surface area contributed by atoms with E-state index in [1.807, 2.05) is 46.7 Å². The van der Waals surface area contributed by atoms with Gasteiger partial charge in [-0.15, -0.1) is 0 Å². The molecule has 4 rings (SSSR count). The molecule has 0 unspecified atom stereocenters. The molecule has 0 bridgehead atoms. The maximum Gasteiger partial charge on any atom is 0.238 e. The van der Waals surface area contributed by atoms with Gasteiger partial charge in [0, 0.05) is 19.2 Å². The molecule has 122 valence electrons. The normalized spacial score (nSPS) is 13.6. The van der Waals surface area contributed by atoms with Gasteiger partial charge < -0.3 is 9.30 Å². The van der Waals surface area contributed by atoms with Crippen LogP contribution in [-0.2, 0) is 13.0 Å². The van der Waals surface area contributed by atoms with Crippen LogP contribution in [-0.4, -0.2) is 36.4 Å². The Morgan fingerprint density at radius 1 is 1.21 bits per heavy atom. The number of ether oxygens (including phenoxy) is 1. The Morgan fingerprint density at radius 3 is 2.88 bits per heavy atom. The minimum absolute atomic E-state index is 0.551. The Morgan fingerprint density at radius 2 is 2.12 bits per heavy atom. The van der Waals surface area contributed by atoms with E-state index in [4.69, 9.17) is 4.74 Å². The van der Waals surface area contributed by atoms with Gasteiger partial charge >= 0.3 is 0 Å². The number of pyridine rings is 1. The summed E-state index contributed by atoms with van der Waals surface area (Å²) < 4.78 is 9.29. The molecule has 0 aromatic carbocycles. The van der Waals surface area contributed by atoms with Crippen LogP contribution in [0.3, 0.4) is 0 Å². The van der Waals surface area contributed by atoms with Crippen LogP contribution in [0.1, 0.15) is 29.5 Å². The van der Waals surface area contributed by atoms with Gasteiger partial charge in [0.05, 0.1) is 24.8 Å². The van der Waals surface area contributed by atoms with Crippen molar-refractivity contribution in [2.24, 2.45) is 0 Å². The molecule has 0 aliphatic carbocycles. The van der Waals surface area contributed by atoms with Crippen molar-refractivity contribution in [2.45, 2.75) is 26.3 Å². The molecule has 1 aliphatic rings. The first-order valence-corrected chi connectivity index (χ1v) is 7.91. The summed E-state index contributed by atoms with van der Waals surface area (Å²) in [6.07, 6.45) is 9.61. The Hall–Kier alpha value is -2.96. The number of hydrogen-bond donors (Lipinski definition) is 0. The molecule has 0 saturated heterocycles. The average molecular weight is 322 g/mol. The number of hydrogen-bond acceptors (Lipinski definition) is 5. The van der Waals surface area contributed by atoms with Gasteiger partial charge in [-0.2, -0.15) is 5.10 Å². The highest BCUT2D eigenvalue weighted by molar-refractivity contribution is 5.65. The molecule has 7 nitrogen and oxygen atoms in total. The van der Waals surface area contributed by atoms with E-state index in [0.717, 1.165) is 48.1 Å². The number of imidazole rings is 1. The molecule has 3 aromatic heterocycles. The third-order valence-corrected chi connectivity index (χ3v) is 3.98. The lowest BCUT2D eigenvalue weighted by Gasteiger charge is -2.08. The summed E-state index contributed by atoms with van der Waals surface area (Å²) in [6.45, 7) is 2.91. The van der Waals surface area contributed by atoms with Gasteiger partial charge in [0.1, 0.15) is 11.5 Å². The number of aromatic nitrogens is 6. The Labute approximate surface area is 139 Å². The van der Waals surface area contributed by atoms with Gasteiger partial charge in [0.25, 0.3) is 0 Å². The standard InChI is InChI=1S/C17H18N6O/c1-12-10-22(11-18-12)14-7-5-13(19-17(14)24-2)6-8-15-20-16-4-3-9-23(16)21-15/h5-8,10-11H,3-4,9H2,1-2H3/b8-6+. The molecule has 4 heterocycles. The van der Waals surface area contributed by atoms with Crippen LogP contribution in [0.15, 0.2) is 24.7 Å². The highest BCUT2D eigenvalue weighted by Crippen LogP contribution is 2.22. The van der Waals surface area contributed by atoms with E-state index in [1.54, 1.807) is 13.4 Å². The molecule has 24 heavy (non-hydrogen) atoms. The molecule has 0 amide bonds. The van der Waals surface area contributed by atoms with Crippen molar-refractivity contribution in [1.29, 1.82) is 0 Å². The van der Waals surface area contributed by atoms with Crippen LogP contribution in [0.25, 0.3) is 17.8 Å². The van der Waals surface area contributed by atoms with E-state index in [-0.39, 0.29) is 0 Å². The first-order chi connectivity index (χ1) is 11.7. The van der Waals surface area contributed by atoms with E-state index in [2.05, 4.69) is 20.1 Å². The lowest BCUT2D eigenvalue weighted by molar-refractivity contribution is 0.395. The van der Waals surface area contributed by atoms with Gasteiger partial charge in [0.15, 0.2) is 5.82 Å². The second kappa shape index (κ2) is 5.92. The molecule has 3 aromatic rings. The van der Waals surface area contributed by atoms with E-state index in [0.29, 0.717) is 5.88 Å². The fraction of sp³-hybridized carbons (Fsp3) is 0.294. The van der Waals surface area contributed by atoms with Crippen molar-refractivity contribution in [3.05, 3.63) is 47.7 Å². The predicted octanol–water partition coefficient (Wildman–Crippen LogP) is 2.29. The molecule has 0 atom stereocenters. The number of methoxy groups -OCH3 is 1. The molecule has 0 spiro atoms. The molecular formula is C17H18N6O. The SMILES string of the molecule is COc1nc(/C=C/c2nc3n(n2)CCC3)ccc1-n1cnc(C)c1. The van der Waals surface area contributed by atoms with Crippen LogP contribution >= 0.6 is 0 Å². The molecular weight excluding hydrogens is 304 g/mol. The average Bonchev–Trinajstić information content (AvgIpc) is 3.28. The van der Waals surface area contributed by atoms with Crippen LogP contribution in [0, 0.1) is 6.92 Å². The van der Waals surface area contributed by atoms with Gasteiger partial charge in [-0.25, -0.2) is 19.6 Å². The fourth-order valence-electron chi connectivity index (χ4n) is 2.82. The monoisotopic (exact) mass is 322 g/mol. The van der Waals surface area contributed by atoms with Crippen molar-refractivity contribution in [3.8, 4) is 11.6 Å². The number of fused-ring (bicyclic) bond motifs is 1. The van der Waals surface area contributed by atoms with Crippen LogP contribution in [0.4, 0.5) is 0 Å². The Balaban J connectivity index is 1.60. The summed E-state index contributed by atoms with van der Waals surface area (Å²) in [4.78, 5) is 13.3. The summed E-state index contributed by atoms with van der Waals surface area (Å²) in [5.41, 5.74) is 2.59. The number of nitrogens with zero attached hydrogens (tertiary/aromatic N) is 6. The van der Waals surface area contributed by atoms with Crippen molar-refractivity contribution < 1.29 is 4.74 Å². The first kappa shape index (κ1) is 14.6. The zero-order chi connectivity index (χ0) is 16.5. The highest BCUT2D eigenvalue weighted by atomic mass is 16.5. The molecule has 0 radical (unpaired) electrons. The van der Waals surface area contributed by atoms with Crippen molar-refractivity contribution in [1.82, 2.24) is 29.3 Å². The smallest absolute Gasteiger partial charge is 0.238 e. The predicted molar refractivity (Wildman–Crippen MR) is 89.9 cm³/mol. The van der Waals surface area contributed by atoms with Gasteiger partial charge in [-0.05, 0) is 37.6 Å². The maximum absolute atomic E-state index is 5.42. The third kappa shape index (κ3) is 2.68. The van der Waals surface area contributed by atoms with Crippen LogP contribution < -0.4 is 4.74 Å². The van der Waals surface area contributed by atoms with Crippen molar-refractivity contribution in [2.75, 3.05) is 7.11 Å². The van der Waals surface area contributed by atoms with E-state index < -0.39 is 0 Å². The zero-order valence-electron chi connectivity index (χ0n) is 13.7. The minimum Gasteiger partial charge on any atom is -0.479 e.